The molecule has 2 heteroatoms. The summed E-state index contributed by atoms with van der Waals surface area (Å²) in [4.78, 5) is 0. The fraction of sp³-hybridized carbons (Fsp3) is 1.00. The molecule has 0 aromatic carbocycles. The molecule has 0 aliphatic heterocycles. The fourth-order valence-electron chi connectivity index (χ4n) is 2.34. The molecule has 0 aromatic heterocycles. The maximum atomic E-state index is 9.16. The lowest BCUT2D eigenvalue weighted by Crippen LogP contribution is -2.39. The number of aliphatic hydroxyl groups excluding tert-OH is 1. The first-order valence-electron chi connectivity index (χ1n) is 7.02. The molecule has 16 heavy (non-hydrogen) atoms. The minimum absolute atomic E-state index is 0.301. The molecule has 2 nitrogen and oxygen atoms in total. The highest BCUT2D eigenvalue weighted by Gasteiger charge is 2.25. The van der Waals surface area contributed by atoms with Crippen LogP contribution in [0.15, 0.2) is 0 Å². The maximum Gasteiger partial charge on any atom is 0.0436 e. The molecule has 1 atom stereocenters. The van der Waals surface area contributed by atoms with Gasteiger partial charge >= 0.3 is 0 Å². The molecule has 0 aliphatic carbocycles. The Balaban J connectivity index is 4.17. The first kappa shape index (κ1) is 15.9. The highest BCUT2D eigenvalue weighted by atomic mass is 16.3. The van der Waals surface area contributed by atoms with E-state index in [1.807, 2.05) is 0 Å². The van der Waals surface area contributed by atoms with Crippen LogP contribution in [-0.2, 0) is 0 Å². The van der Waals surface area contributed by atoms with Gasteiger partial charge in [0.15, 0.2) is 0 Å². The number of nitrogens with one attached hydrogen (secondary N) is 1. The van der Waals surface area contributed by atoms with E-state index < -0.39 is 0 Å². The van der Waals surface area contributed by atoms with Crippen molar-refractivity contribution in [3.8, 4) is 0 Å². The van der Waals surface area contributed by atoms with E-state index in [1.165, 1.54) is 19.3 Å². The Bertz CT molecular complexity index is 155. The van der Waals surface area contributed by atoms with Crippen LogP contribution in [0.1, 0.15) is 66.2 Å². The Morgan fingerprint density at radius 1 is 1.12 bits per heavy atom. The van der Waals surface area contributed by atoms with Crippen molar-refractivity contribution in [2.24, 2.45) is 5.41 Å². The SMILES string of the molecule is CCCC(CC)NCC(CC)(CC)CCO. The zero-order valence-electron chi connectivity index (χ0n) is 11.7. The normalized spacial score (nSPS) is 14.1. The van der Waals surface area contributed by atoms with Crippen LogP contribution < -0.4 is 5.32 Å². The summed E-state index contributed by atoms with van der Waals surface area (Å²) in [5, 5.41) is 12.8. The minimum Gasteiger partial charge on any atom is -0.396 e. The van der Waals surface area contributed by atoms with Gasteiger partial charge in [-0.3, -0.25) is 0 Å². The van der Waals surface area contributed by atoms with Crippen molar-refractivity contribution in [3.63, 3.8) is 0 Å². The molecule has 0 spiro atoms. The summed E-state index contributed by atoms with van der Waals surface area (Å²) in [6, 6.07) is 0.654. The Hall–Kier alpha value is -0.0800. The lowest BCUT2D eigenvalue weighted by Gasteiger charge is -2.33. The smallest absolute Gasteiger partial charge is 0.0436 e. The maximum absolute atomic E-state index is 9.16. The molecule has 0 fully saturated rings. The van der Waals surface area contributed by atoms with Crippen LogP contribution in [0.4, 0.5) is 0 Å². The monoisotopic (exact) mass is 229 g/mol. The van der Waals surface area contributed by atoms with Gasteiger partial charge in [0.1, 0.15) is 0 Å². The van der Waals surface area contributed by atoms with Crippen LogP contribution in [0.25, 0.3) is 0 Å². The third-order valence-corrected chi connectivity index (χ3v) is 4.04. The molecule has 0 aliphatic rings. The van der Waals surface area contributed by atoms with Gasteiger partial charge in [-0.25, -0.2) is 0 Å². The number of hydrogen-bond donors (Lipinski definition) is 2. The molecule has 0 amide bonds. The Kier molecular flexibility index (Phi) is 8.96. The van der Waals surface area contributed by atoms with Gasteiger partial charge < -0.3 is 10.4 Å². The molecule has 0 saturated heterocycles. The van der Waals surface area contributed by atoms with Crippen molar-refractivity contribution in [2.45, 2.75) is 72.3 Å². The average Bonchev–Trinajstić information content (AvgIpc) is 2.33. The van der Waals surface area contributed by atoms with Crippen LogP contribution >= 0.6 is 0 Å². The lowest BCUT2D eigenvalue weighted by molar-refractivity contribution is 0.158. The Morgan fingerprint density at radius 3 is 2.12 bits per heavy atom. The molecule has 2 N–H and O–H groups in total. The van der Waals surface area contributed by atoms with E-state index in [9.17, 15) is 0 Å². The molecule has 98 valence electrons. The molecule has 1 unspecified atom stereocenters. The second-order valence-corrected chi connectivity index (χ2v) is 4.96. The van der Waals surface area contributed by atoms with Crippen molar-refractivity contribution < 1.29 is 5.11 Å². The standard InChI is InChI=1S/C14H31NO/c1-5-9-13(6-2)15-12-14(7-3,8-4)10-11-16/h13,15-16H,5-12H2,1-4H3. The average molecular weight is 229 g/mol. The van der Waals surface area contributed by atoms with Gasteiger partial charge in [0.2, 0.25) is 0 Å². The van der Waals surface area contributed by atoms with Gasteiger partial charge in [-0.2, -0.15) is 0 Å². The van der Waals surface area contributed by atoms with E-state index in [-0.39, 0.29) is 0 Å². The van der Waals surface area contributed by atoms with E-state index in [0.29, 0.717) is 18.1 Å². The van der Waals surface area contributed by atoms with Crippen LogP contribution in [-0.4, -0.2) is 24.3 Å². The number of rotatable bonds is 10. The predicted molar refractivity (Wildman–Crippen MR) is 71.7 cm³/mol. The van der Waals surface area contributed by atoms with Gasteiger partial charge in [-0.1, -0.05) is 34.1 Å². The topological polar surface area (TPSA) is 32.3 Å². The van der Waals surface area contributed by atoms with E-state index in [4.69, 9.17) is 5.11 Å². The summed E-state index contributed by atoms with van der Waals surface area (Å²) >= 11 is 0. The molecular formula is C14H31NO. The summed E-state index contributed by atoms with van der Waals surface area (Å²) in [7, 11) is 0. The quantitative estimate of drug-likeness (QED) is 0.602. The van der Waals surface area contributed by atoms with Crippen molar-refractivity contribution >= 4 is 0 Å². The van der Waals surface area contributed by atoms with Crippen LogP contribution in [0, 0.1) is 5.41 Å². The van der Waals surface area contributed by atoms with E-state index in [2.05, 4.69) is 33.0 Å². The fourth-order valence-corrected chi connectivity index (χ4v) is 2.34. The summed E-state index contributed by atoms with van der Waals surface area (Å²) in [5.41, 5.74) is 0.301. The molecular weight excluding hydrogens is 198 g/mol. The third kappa shape index (κ3) is 5.31. The van der Waals surface area contributed by atoms with Crippen LogP contribution in [0.5, 0.6) is 0 Å². The Labute approximate surface area is 102 Å². The zero-order valence-corrected chi connectivity index (χ0v) is 11.7. The third-order valence-electron chi connectivity index (χ3n) is 4.04. The first-order chi connectivity index (χ1) is 7.67. The molecule has 0 aromatic rings. The Morgan fingerprint density at radius 2 is 1.75 bits per heavy atom. The van der Waals surface area contributed by atoms with E-state index >= 15 is 0 Å². The van der Waals surface area contributed by atoms with Crippen LogP contribution in [0.2, 0.25) is 0 Å². The number of hydrogen-bond acceptors (Lipinski definition) is 2. The molecule has 0 saturated carbocycles. The van der Waals surface area contributed by atoms with Gasteiger partial charge in [0, 0.05) is 19.2 Å². The highest BCUT2D eigenvalue weighted by molar-refractivity contribution is 4.80. The largest absolute Gasteiger partial charge is 0.396 e. The van der Waals surface area contributed by atoms with E-state index in [1.54, 1.807) is 0 Å². The zero-order chi connectivity index (χ0) is 12.4. The van der Waals surface area contributed by atoms with Gasteiger partial charge in [-0.15, -0.1) is 0 Å². The minimum atomic E-state index is 0.301. The van der Waals surface area contributed by atoms with Crippen molar-refractivity contribution in [1.29, 1.82) is 0 Å². The van der Waals surface area contributed by atoms with Gasteiger partial charge in [-0.05, 0) is 37.5 Å². The van der Waals surface area contributed by atoms with Crippen molar-refractivity contribution in [1.82, 2.24) is 5.32 Å². The summed E-state index contributed by atoms with van der Waals surface area (Å²) in [6.45, 7) is 10.3. The number of aliphatic hydroxyl groups is 1. The van der Waals surface area contributed by atoms with Crippen LogP contribution in [0.3, 0.4) is 0 Å². The van der Waals surface area contributed by atoms with Crippen molar-refractivity contribution in [2.75, 3.05) is 13.2 Å². The van der Waals surface area contributed by atoms with E-state index in [0.717, 1.165) is 25.8 Å². The molecule has 0 heterocycles. The summed E-state index contributed by atoms with van der Waals surface area (Å²) in [6.07, 6.45) is 6.95. The molecule has 0 bridgehead atoms. The highest BCUT2D eigenvalue weighted by Crippen LogP contribution is 2.29. The van der Waals surface area contributed by atoms with Gasteiger partial charge in [0.25, 0.3) is 0 Å². The summed E-state index contributed by atoms with van der Waals surface area (Å²) < 4.78 is 0. The molecule has 0 rings (SSSR count). The lowest BCUT2D eigenvalue weighted by atomic mass is 9.79. The van der Waals surface area contributed by atoms with Crippen molar-refractivity contribution in [3.05, 3.63) is 0 Å². The second kappa shape index (κ2) is 9.00. The predicted octanol–water partition coefficient (Wildman–Crippen LogP) is 3.34. The second-order valence-electron chi connectivity index (χ2n) is 4.96. The summed E-state index contributed by atoms with van der Waals surface area (Å²) in [5.74, 6) is 0. The molecule has 0 radical (unpaired) electrons. The van der Waals surface area contributed by atoms with Gasteiger partial charge in [0.05, 0.1) is 0 Å². The first-order valence-corrected chi connectivity index (χ1v) is 7.02.